The average Bonchev–Trinajstić information content (AvgIpc) is 3.71. The fourth-order valence-corrected chi connectivity index (χ4v) is 5.14. The van der Waals surface area contributed by atoms with Crippen LogP contribution in [0.4, 0.5) is 0 Å². The largest absolute Gasteiger partial charge is 0.491 e. The number of hydrogen-bond acceptors (Lipinski definition) is 6. The van der Waals surface area contributed by atoms with E-state index in [0.29, 0.717) is 30.0 Å². The summed E-state index contributed by atoms with van der Waals surface area (Å²) in [5, 5.41) is 0.710. The second-order valence-electron chi connectivity index (χ2n) is 7.80. The third kappa shape index (κ3) is 3.83. The van der Waals surface area contributed by atoms with Gasteiger partial charge in [-0.3, -0.25) is 4.57 Å². The number of ether oxygens (including phenoxy) is 4. The molecular formula is C24H21O6P. The van der Waals surface area contributed by atoms with E-state index in [2.05, 4.69) is 0 Å². The Balaban J connectivity index is 1.45. The van der Waals surface area contributed by atoms with Crippen molar-refractivity contribution in [1.29, 1.82) is 0 Å². The van der Waals surface area contributed by atoms with Gasteiger partial charge in [-0.2, -0.15) is 0 Å². The van der Waals surface area contributed by atoms with E-state index in [1.165, 1.54) is 0 Å². The molecule has 2 fully saturated rings. The molecule has 0 spiro atoms. The van der Waals surface area contributed by atoms with Gasteiger partial charge in [0.1, 0.15) is 42.7 Å². The first-order valence-electron chi connectivity index (χ1n) is 10.3. The van der Waals surface area contributed by atoms with Crippen molar-refractivity contribution in [2.75, 3.05) is 26.4 Å². The summed E-state index contributed by atoms with van der Waals surface area (Å²) in [5.74, 6) is 2.07. The van der Waals surface area contributed by atoms with Gasteiger partial charge in [-0.1, -0.05) is 36.4 Å². The zero-order valence-corrected chi connectivity index (χ0v) is 17.7. The summed E-state index contributed by atoms with van der Waals surface area (Å²) in [7, 11) is -2.49. The highest BCUT2D eigenvalue weighted by atomic mass is 31.1. The normalized spacial score (nSPS) is 22.6. The zero-order valence-electron chi connectivity index (χ0n) is 16.7. The molecule has 0 amide bonds. The molecule has 3 aliphatic heterocycles. The lowest BCUT2D eigenvalue weighted by molar-refractivity contribution is 0.258. The molecule has 3 aromatic rings. The van der Waals surface area contributed by atoms with Crippen molar-refractivity contribution in [3.63, 3.8) is 0 Å². The molecule has 0 saturated carbocycles. The van der Waals surface area contributed by atoms with Crippen LogP contribution in [0.25, 0.3) is 22.3 Å². The summed E-state index contributed by atoms with van der Waals surface area (Å²) in [4.78, 5) is 0. The molecule has 0 N–H and O–H groups in total. The predicted molar refractivity (Wildman–Crippen MR) is 117 cm³/mol. The smallest absolute Gasteiger partial charge is 0.267 e. The first kappa shape index (κ1) is 18.9. The van der Waals surface area contributed by atoms with Crippen LogP contribution in [0.3, 0.4) is 0 Å². The van der Waals surface area contributed by atoms with Gasteiger partial charge in [0.25, 0.3) is 8.03 Å². The molecule has 3 aliphatic rings. The van der Waals surface area contributed by atoms with Gasteiger partial charge in [-0.15, -0.1) is 0 Å². The lowest BCUT2D eigenvalue weighted by Crippen LogP contribution is -2.14. The van der Waals surface area contributed by atoms with E-state index in [9.17, 15) is 4.57 Å². The van der Waals surface area contributed by atoms with Crippen molar-refractivity contribution < 1.29 is 28.0 Å². The lowest BCUT2D eigenvalue weighted by Gasteiger charge is -2.23. The molecule has 3 unspecified atom stereocenters. The maximum atomic E-state index is 13.2. The first-order valence-corrected chi connectivity index (χ1v) is 11.7. The van der Waals surface area contributed by atoms with E-state index in [4.69, 9.17) is 23.5 Å². The molecule has 158 valence electrons. The summed E-state index contributed by atoms with van der Waals surface area (Å²) < 4.78 is 41.5. The minimum Gasteiger partial charge on any atom is -0.491 e. The highest BCUT2D eigenvalue weighted by molar-refractivity contribution is 7.49. The van der Waals surface area contributed by atoms with Gasteiger partial charge in [0, 0.05) is 11.1 Å². The molecule has 3 atom stereocenters. The van der Waals surface area contributed by atoms with Gasteiger partial charge in [0.05, 0.1) is 18.5 Å². The van der Waals surface area contributed by atoms with Crippen molar-refractivity contribution in [2.45, 2.75) is 12.2 Å². The summed E-state index contributed by atoms with van der Waals surface area (Å²) >= 11 is 0. The van der Waals surface area contributed by atoms with E-state index in [0.717, 1.165) is 41.2 Å². The van der Waals surface area contributed by atoms with Gasteiger partial charge in [-0.25, -0.2) is 0 Å². The molecule has 0 bridgehead atoms. The maximum Gasteiger partial charge on any atom is 0.267 e. The Hall–Kier alpha value is -2.79. The summed E-state index contributed by atoms with van der Waals surface area (Å²) in [5.41, 5.74) is 3.53. The van der Waals surface area contributed by atoms with Crippen molar-refractivity contribution >= 4 is 13.3 Å². The number of fused-ring (bicyclic) bond motifs is 3. The molecule has 3 heterocycles. The van der Waals surface area contributed by atoms with E-state index >= 15 is 0 Å². The van der Waals surface area contributed by atoms with Gasteiger partial charge in [0.2, 0.25) is 0 Å². The summed E-state index contributed by atoms with van der Waals surface area (Å²) in [6.07, 6.45) is 0.298. The number of epoxide rings is 2. The average molecular weight is 436 g/mol. The predicted octanol–water partition coefficient (Wildman–Crippen LogP) is 4.07. The molecule has 3 aromatic carbocycles. The number of para-hydroxylation sites is 1. The van der Waals surface area contributed by atoms with Crippen molar-refractivity contribution in [1.82, 2.24) is 0 Å². The fourth-order valence-electron chi connectivity index (χ4n) is 3.79. The second-order valence-corrected chi connectivity index (χ2v) is 9.08. The quantitative estimate of drug-likeness (QED) is 0.411. The molecule has 0 radical (unpaired) electrons. The number of rotatable bonds is 7. The van der Waals surface area contributed by atoms with Crippen molar-refractivity contribution in [2.24, 2.45) is 0 Å². The minimum absolute atomic E-state index is 0.134. The van der Waals surface area contributed by atoms with Crippen LogP contribution in [0.5, 0.6) is 17.2 Å². The Morgan fingerprint density at radius 3 is 2.26 bits per heavy atom. The van der Waals surface area contributed by atoms with Crippen LogP contribution in [0.15, 0.2) is 60.7 Å². The number of hydrogen-bond donors (Lipinski definition) is 0. The second kappa shape index (κ2) is 7.72. The minimum atomic E-state index is -2.49. The Labute approximate surface area is 180 Å². The Bertz CT molecular complexity index is 1170. The van der Waals surface area contributed by atoms with Gasteiger partial charge < -0.3 is 23.5 Å². The standard InChI is InChI=1S/C24H21O6P/c25-31-24-19(18-4-1-2-7-23(18)30-31)5-3-6-20(24)21-10-15(26-11-16-12-27-16)8-9-22(21)29-14-17-13-28-17/h1-10,16-17,31H,11-14H2. The van der Waals surface area contributed by atoms with E-state index in [1.54, 1.807) is 0 Å². The molecule has 7 heteroatoms. The van der Waals surface area contributed by atoms with Crippen LogP contribution in [0, 0.1) is 0 Å². The van der Waals surface area contributed by atoms with Crippen LogP contribution in [-0.2, 0) is 14.0 Å². The molecule has 0 aromatic heterocycles. The highest BCUT2D eigenvalue weighted by Crippen LogP contribution is 2.46. The van der Waals surface area contributed by atoms with Crippen LogP contribution in [0.2, 0.25) is 0 Å². The fraction of sp³-hybridized carbons (Fsp3) is 0.250. The summed E-state index contributed by atoms with van der Waals surface area (Å²) in [6, 6.07) is 19.3. The summed E-state index contributed by atoms with van der Waals surface area (Å²) in [6.45, 7) is 2.44. The topological polar surface area (TPSA) is 69.8 Å². The van der Waals surface area contributed by atoms with Gasteiger partial charge in [-0.05, 0) is 35.4 Å². The number of benzene rings is 3. The van der Waals surface area contributed by atoms with Crippen LogP contribution >= 0.6 is 8.03 Å². The third-order valence-corrected chi connectivity index (χ3v) is 6.91. The van der Waals surface area contributed by atoms with Gasteiger partial charge >= 0.3 is 0 Å². The molecule has 31 heavy (non-hydrogen) atoms. The Morgan fingerprint density at radius 1 is 0.806 bits per heavy atom. The van der Waals surface area contributed by atoms with E-state index in [-0.39, 0.29) is 12.2 Å². The molecule has 2 saturated heterocycles. The SMILES string of the molecule is O=[PH]1Oc2ccccc2-c2cccc(-c3cc(OCC4CO4)ccc3OCC3CO3)c21. The molecular weight excluding hydrogens is 415 g/mol. The van der Waals surface area contributed by atoms with Gasteiger partial charge in [0.15, 0.2) is 0 Å². The maximum absolute atomic E-state index is 13.2. The Kier molecular flexibility index (Phi) is 4.72. The Morgan fingerprint density at radius 2 is 1.48 bits per heavy atom. The highest BCUT2D eigenvalue weighted by Gasteiger charge is 2.28. The molecule has 0 aliphatic carbocycles. The van der Waals surface area contributed by atoms with E-state index < -0.39 is 8.03 Å². The zero-order chi connectivity index (χ0) is 20.8. The van der Waals surface area contributed by atoms with Crippen LogP contribution in [0.1, 0.15) is 0 Å². The molecule has 6 nitrogen and oxygen atoms in total. The van der Waals surface area contributed by atoms with E-state index in [1.807, 2.05) is 60.7 Å². The molecule has 6 rings (SSSR count). The van der Waals surface area contributed by atoms with Crippen molar-refractivity contribution in [3.05, 3.63) is 60.7 Å². The first-order chi connectivity index (χ1) is 15.3. The third-order valence-electron chi connectivity index (χ3n) is 5.56. The monoisotopic (exact) mass is 436 g/mol. The lowest BCUT2D eigenvalue weighted by atomic mass is 9.97. The van der Waals surface area contributed by atoms with Crippen LogP contribution < -0.4 is 19.3 Å². The van der Waals surface area contributed by atoms with Crippen molar-refractivity contribution in [3.8, 4) is 39.5 Å². The van der Waals surface area contributed by atoms with Crippen LogP contribution in [-0.4, -0.2) is 38.6 Å².